The maximum absolute atomic E-state index is 11.7. The Balaban J connectivity index is 1.96. The fourth-order valence-electron chi connectivity index (χ4n) is 1.60. The first-order valence-corrected chi connectivity index (χ1v) is 6.13. The quantitative estimate of drug-likeness (QED) is 0.662. The van der Waals surface area contributed by atoms with E-state index in [1.165, 1.54) is 18.3 Å². The first-order valence-electron chi connectivity index (χ1n) is 5.25. The highest BCUT2D eigenvalue weighted by Crippen LogP contribution is 2.17. The van der Waals surface area contributed by atoms with Crippen LogP contribution in [0.15, 0.2) is 5.38 Å². The summed E-state index contributed by atoms with van der Waals surface area (Å²) < 4.78 is 0. The fraction of sp³-hybridized carbons (Fsp3) is 0.500. The van der Waals surface area contributed by atoms with Gasteiger partial charge < -0.3 is 15.7 Å². The minimum atomic E-state index is -0.477. The number of ketones is 1. The lowest BCUT2D eigenvalue weighted by Gasteiger charge is -2.08. The molecule has 2 unspecified atom stereocenters. The third kappa shape index (κ3) is 2.87. The van der Waals surface area contributed by atoms with Gasteiger partial charge in [0, 0.05) is 18.8 Å². The molecule has 1 aromatic heterocycles. The Morgan fingerprint density at radius 2 is 2.41 bits per heavy atom. The first-order chi connectivity index (χ1) is 8.06. The summed E-state index contributed by atoms with van der Waals surface area (Å²) in [5, 5.41) is 16.8. The number of carbonyl (C=O) groups excluding carboxylic acids is 2. The van der Waals surface area contributed by atoms with Gasteiger partial charge in [-0.3, -0.25) is 9.59 Å². The summed E-state index contributed by atoms with van der Waals surface area (Å²) in [7, 11) is 0. The van der Waals surface area contributed by atoms with Crippen LogP contribution in [0.1, 0.15) is 23.8 Å². The van der Waals surface area contributed by atoms with Crippen LogP contribution in [0.25, 0.3) is 0 Å². The Hall–Kier alpha value is -1.31. The van der Waals surface area contributed by atoms with Crippen LogP contribution < -0.4 is 10.6 Å². The summed E-state index contributed by atoms with van der Waals surface area (Å²) in [5.41, 5.74) is 0.352. The van der Waals surface area contributed by atoms with Crippen molar-refractivity contribution in [3.8, 4) is 0 Å². The first kappa shape index (κ1) is 12.2. The molecule has 2 rings (SSSR count). The number of carbonyl (C=O) groups is 2. The highest BCUT2D eigenvalue weighted by molar-refractivity contribution is 7.14. The maximum atomic E-state index is 11.7. The molecule has 1 amide bonds. The highest BCUT2D eigenvalue weighted by Gasteiger charge is 2.28. The van der Waals surface area contributed by atoms with Gasteiger partial charge >= 0.3 is 0 Å². The second kappa shape index (κ2) is 4.91. The van der Waals surface area contributed by atoms with E-state index in [4.69, 9.17) is 0 Å². The van der Waals surface area contributed by atoms with Gasteiger partial charge in [-0.25, -0.2) is 4.98 Å². The van der Waals surface area contributed by atoms with Crippen molar-refractivity contribution in [3.05, 3.63) is 11.1 Å². The average molecular weight is 255 g/mol. The van der Waals surface area contributed by atoms with Gasteiger partial charge in [0.05, 0.1) is 12.1 Å². The molecule has 0 saturated carbocycles. The summed E-state index contributed by atoms with van der Waals surface area (Å²) in [5.74, 6) is -0.359. The van der Waals surface area contributed by atoms with Crippen molar-refractivity contribution in [2.24, 2.45) is 0 Å². The van der Waals surface area contributed by atoms with Crippen molar-refractivity contribution in [2.45, 2.75) is 25.5 Å². The Morgan fingerprint density at radius 1 is 1.65 bits per heavy atom. The third-order valence-electron chi connectivity index (χ3n) is 2.52. The summed E-state index contributed by atoms with van der Waals surface area (Å²) >= 11 is 1.21. The number of nitrogens with one attached hydrogen (secondary N) is 2. The number of rotatable bonds is 3. The lowest BCUT2D eigenvalue weighted by molar-refractivity contribution is -0.117. The van der Waals surface area contributed by atoms with Crippen molar-refractivity contribution in [3.63, 3.8) is 0 Å². The van der Waals surface area contributed by atoms with Crippen LogP contribution in [0.4, 0.5) is 5.13 Å². The summed E-state index contributed by atoms with van der Waals surface area (Å²) in [4.78, 5) is 26.8. The number of Topliss-reactive ketones (excluding diaryl/α,β-unsaturated/α-hetero) is 1. The molecule has 6 nitrogen and oxygen atoms in total. The number of amides is 1. The molecule has 17 heavy (non-hydrogen) atoms. The van der Waals surface area contributed by atoms with Gasteiger partial charge in [-0.1, -0.05) is 0 Å². The number of β-amino-alcohol motifs (C(OH)–C–C–N with tert-alkyl or cyclic N) is 1. The lowest BCUT2D eigenvalue weighted by atomic mass is 10.2. The van der Waals surface area contributed by atoms with E-state index in [-0.39, 0.29) is 11.7 Å². The van der Waals surface area contributed by atoms with E-state index in [1.807, 2.05) is 0 Å². The van der Waals surface area contributed by atoms with Crippen molar-refractivity contribution in [2.75, 3.05) is 11.9 Å². The Morgan fingerprint density at radius 3 is 2.94 bits per heavy atom. The average Bonchev–Trinajstić information content (AvgIpc) is 2.86. The number of aromatic nitrogens is 1. The zero-order valence-corrected chi connectivity index (χ0v) is 10.1. The predicted octanol–water partition coefficient (Wildman–Crippen LogP) is 0.00700. The van der Waals surface area contributed by atoms with Crippen LogP contribution in [-0.2, 0) is 4.79 Å². The Kier molecular flexibility index (Phi) is 3.51. The number of anilines is 1. The van der Waals surface area contributed by atoms with Crippen molar-refractivity contribution in [1.29, 1.82) is 0 Å². The van der Waals surface area contributed by atoms with E-state index < -0.39 is 12.1 Å². The number of thiazole rings is 1. The maximum Gasteiger partial charge on any atom is 0.243 e. The second-order valence-corrected chi connectivity index (χ2v) is 4.79. The molecule has 92 valence electrons. The molecule has 0 bridgehead atoms. The minimum Gasteiger partial charge on any atom is -0.392 e. The van der Waals surface area contributed by atoms with Gasteiger partial charge in [0.25, 0.3) is 0 Å². The molecule has 0 radical (unpaired) electrons. The molecule has 7 heteroatoms. The van der Waals surface area contributed by atoms with Crippen LogP contribution in [0.5, 0.6) is 0 Å². The zero-order valence-electron chi connectivity index (χ0n) is 9.27. The minimum absolute atomic E-state index is 0.129. The molecule has 2 heterocycles. The van der Waals surface area contributed by atoms with Gasteiger partial charge in [-0.05, 0) is 6.42 Å². The fourth-order valence-corrected chi connectivity index (χ4v) is 2.35. The summed E-state index contributed by atoms with van der Waals surface area (Å²) in [6, 6.07) is -0.394. The lowest BCUT2D eigenvalue weighted by Crippen LogP contribution is -2.35. The molecule has 2 atom stereocenters. The SMILES string of the molecule is CC(=O)c1csc(NC(=O)C2CC(O)CN2)n1. The molecule has 3 N–H and O–H groups in total. The monoisotopic (exact) mass is 255 g/mol. The molecule has 0 aromatic carbocycles. The standard InChI is InChI=1S/C10H13N3O3S/c1-5(14)8-4-17-10(12-8)13-9(16)7-2-6(15)3-11-7/h4,6-7,11,15H,2-3H2,1H3,(H,12,13,16). The van der Waals surface area contributed by atoms with Gasteiger partial charge in [-0.2, -0.15) is 0 Å². The topological polar surface area (TPSA) is 91.3 Å². The number of aliphatic hydroxyl groups is 1. The van der Waals surface area contributed by atoms with Crippen molar-refractivity contribution >= 4 is 28.2 Å². The summed E-state index contributed by atoms with van der Waals surface area (Å²) in [6.07, 6.45) is -0.0774. The Labute approximate surface area is 102 Å². The van der Waals surface area contributed by atoms with E-state index in [9.17, 15) is 14.7 Å². The molecule has 1 aliphatic rings. The van der Waals surface area contributed by atoms with Crippen molar-refractivity contribution in [1.82, 2.24) is 10.3 Å². The van der Waals surface area contributed by atoms with Gasteiger partial charge in [0.1, 0.15) is 5.69 Å². The number of hydrogen-bond donors (Lipinski definition) is 3. The molecule has 1 fully saturated rings. The molecule has 1 saturated heterocycles. The normalized spacial score (nSPS) is 23.6. The van der Waals surface area contributed by atoms with Crippen LogP contribution in [0.2, 0.25) is 0 Å². The van der Waals surface area contributed by atoms with Crippen LogP contribution in [-0.4, -0.2) is 40.5 Å². The highest BCUT2D eigenvalue weighted by atomic mass is 32.1. The molecule has 1 aromatic rings. The predicted molar refractivity (Wildman–Crippen MR) is 63.2 cm³/mol. The van der Waals surface area contributed by atoms with Crippen LogP contribution >= 0.6 is 11.3 Å². The van der Waals surface area contributed by atoms with E-state index in [0.717, 1.165) is 0 Å². The molecule has 0 spiro atoms. The number of nitrogens with zero attached hydrogens (tertiary/aromatic N) is 1. The van der Waals surface area contributed by atoms with Crippen LogP contribution in [0, 0.1) is 0 Å². The van der Waals surface area contributed by atoms with Gasteiger partial charge in [-0.15, -0.1) is 11.3 Å². The largest absolute Gasteiger partial charge is 0.392 e. The summed E-state index contributed by atoms with van der Waals surface area (Å²) in [6.45, 7) is 1.85. The number of hydrogen-bond acceptors (Lipinski definition) is 6. The van der Waals surface area contributed by atoms with E-state index in [1.54, 1.807) is 5.38 Å². The molecule has 0 aliphatic carbocycles. The smallest absolute Gasteiger partial charge is 0.243 e. The van der Waals surface area contributed by atoms with E-state index in [2.05, 4.69) is 15.6 Å². The molecule has 1 aliphatic heterocycles. The van der Waals surface area contributed by atoms with Gasteiger partial charge in [0.15, 0.2) is 10.9 Å². The van der Waals surface area contributed by atoms with E-state index >= 15 is 0 Å². The van der Waals surface area contributed by atoms with Crippen LogP contribution in [0.3, 0.4) is 0 Å². The zero-order chi connectivity index (χ0) is 12.4. The van der Waals surface area contributed by atoms with E-state index in [0.29, 0.717) is 23.8 Å². The second-order valence-electron chi connectivity index (χ2n) is 3.93. The number of aliphatic hydroxyl groups excluding tert-OH is 1. The molecular weight excluding hydrogens is 242 g/mol. The van der Waals surface area contributed by atoms with Crippen molar-refractivity contribution < 1.29 is 14.7 Å². The molecular formula is C10H13N3O3S. The Bertz CT molecular complexity index is 446. The third-order valence-corrected chi connectivity index (χ3v) is 3.28. The van der Waals surface area contributed by atoms with Gasteiger partial charge in [0.2, 0.25) is 5.91 Å².